The monoisotopic (exact) mass is 582 g/mol. The standard InChI is InChI=1S/C30H38N4O6S/c1-19(2)17-24(31-28(36)21-11-13-22(14-12-21)32(4)5)30(38)33-16-15-25-27(33)26(35)18-34(25)29(37)20(3)41(39,40)23-9-7-6-8-10-23/h6-14,19-20,24-25,27H,15-18H2,1-5H3,(H,31,36)/t20?,24-,25?,27?/m0/s1. The van der Waals surface area contributed by atoms with Crippen molar-refractivity contribution in [1.29, 1.82) is 0 Å². The number of carbonyl (C=O) groups is 4. The van der Waals surface area contributed by atoms with E-state index in [1.54, 1.807) is 30.3 Å². The highest BCUT2D eigenvalue weighted by atomic mass is 32.2. The summed E-state index contributed by atoms with van der Waals surface area (Å²) in [5.41, 5.74) is 1.35. The maximum atomic E-state index is 13.8. The van der Waals surface area contributed by atoms with Gasteiger partial charge in [-0.2, -0.15) is 0 Å². The number of likely N-dealkylation sites (tertiary alicyclic amines) is 2. The van der Waals surface area contributed by atoms with E-state index < -0.39 is 39.1 Å². The van der Waals surface area contributed by atoms with E-state index in [0.29, 0.717) is 18.4 Å². The number of rotatable bonds is 9. The zero-order chi connectivity index (χ0) is 30.1. The second-order valence-corrected chi connectivity index (χ2v) is 13.6. The first-order valence-corrected chi connectivity index (χ1v) is 15.4. The second kappa shape index (κ2) is 12.0. The molecule has 41 heavy (non-hydrogen) atoms. The number of hydrogen-bond acceptors (Lipinski definition) is 7. The maximum absolute atomic E-state index is 13.8. The molecule has 0 radical (unpaired) electrons. The third kappa shape index (κ3) is 6.14. The minimum Gasteiger partial charge on any atom is -0.378 e. The van der Waals surface area contributed by atoms with E-state index in [9.17, 15) is 27.6 Å². The van der Waals surface area contributed by atoms with Gasteiger partial charge in [0.25, 0.3) is 5.91 Å². The van der Waals surface area contributed by atoms with Gasteiger partial charge in [0.05, 0.1) is 17.5 Å². The van der Waals surface area contributed by atoms with Crippen LogP contribution in [0, 0.1) is 5.92 Å². The Morgan fingerprint density at radius 2 is 1.59 bits per heavy atom. The number of Topliss-reactive ketones (excluding diaryl/α,β-unsaturated/α-hetero) is 1. The Morgan fingerprint density at radius 3 is 2.17 bits per heavy atom. The normalized spacial score (nSPS) is 20.1. The lowest BCUT2D eigenvalue weighted by Gasteiger charge is -2.29. The molecule has 2 heterocycles. The molecule has 0 spiro atoms. The Morgan fingerprint density at radius 1 is 0.951 bits per heavy atom. The van der Waals surface area contributed by atoms with Gasteiger partial charge in [0.15, 0.2) is 15.6 Å². The highest BCUT2D eigenvalue weighted by molar-refractivity contribution is 7.92. The van der Waals surface area contributed by atoms with Crippen LogP contribution in [0.25, 0.3) is 0 Å². The third-order valence-electron chi connectivity index (χ3n) is 7.83. The molecule has 3 amide bonds. The first kappa shape index (κ1) is 30.2. The van der Waals surface area contributed by atoms with Crippen LogP contribution >= 0.6 is 0 Å². The summed E-state index contributed by atoms with van der Waals surface area (Å²) in [5.74, 6) is -1.65. The number of nitrogens with zero attached hydrogens (tertiary/aromatic N) is 3. The van der Waals surface area contributed by atoms with Crippen molar-refractivity contribution in [3.63, 3.8) is 0 Å². The Kier molecular flexibility index (Phi) is 8.86. The van der Waals surface area contributed by atoms with Gasteiger partial charge in [-0.1, -0.05) is 32.0 Å². The quantitative estimate of drug-likeness (QED) is 0.481. The fourth-order valence-corrected chi connectivity index (χ4v) is 6.93. The second-order valence-electron chi connectivity index (χ2n) is 11.4. The topological polar surface area (TPSA) is 124 Å². The van der Waals surface area contributed by atoms with E-state index in [1.807, 2.05) is 45.0 Å². The van der Waals surface area contributed by atoms with E-state index in [0.717, 1.165) is 5.69 Å². The van der Waals surface area contributed by atoms with Crippen LogP contribution in [0.15, 0.2) is 59.5 Å². The molecule has 2 aromatic carbocycles. The molecule has 4 rings (SSSR count). The molecular formula is C30H38N4O6S. The number of anilines is 1. The third-order valence-corrected chi connectivity index (χ3v) is 9.89. The van der Waals surface area contributed by atoms with Crippen molar-refractivity contribution in [2.45, 2.75) is 61.9 Å². The van der Waals surface area contributed by atoms with Gasteiger partial charge < -0.3 is 20.0 Å². The molecule has 11 heteroatoms. The van der Waals surface area contributed by atoms with Gasteiger partial charge in [-0.05, 0) is 62.1 Å². The summed E-state index contributed by atoms with van der Waals surface area (Å²) < 4.78 is 26.2. The number of nitrogens with one attached hydrogen (secondary N) is 1. The molecule has 0 aromatic heterocycles. The molecule has 10 nitrogen and oxygen atoms in total. The predicted molar refractivity (Wildman–Crippen MR) is 155 cm³/mol. The largest absolute Gasteiger partial charge is 0.378 e. The number of sulfone groups is 1. The summed E-state index contributed by atoms with van der Waals surface area (Å²) in [7, 11) is -0.158. The van der Waals surface area contributed by atoms with Crippen molar-refractivity contribution in [3.8, 4) is 0 Å². The number of hydrogen-bond donors (Lipinski definition) is 1. The molecule has 0 bridgehead atoms. The van der Waals surface area contributed by atoms with Crippen molar-refractivity contribution in [3.05, 3.63) is 60.2 Å². The summed E-state index contributed by atoms with van der Waals surface area (Å²) in [5, 5.41) is 1.48. The number of benzene rings is 2. The molecule has 4 atom stereocenters. The van der Waals surface area contributed by atoms with E-state index in [2.05, 4.69) is 5.32 Å². The zero-order valence-corrected chi connectivity index (χ0v) is 24.9. The molecule has 2 fully saturated rings. The van der Waals surface area contributed by atoms with Crippen LogP contribution in [0.4, 0.5) is 5.69 Å². The van der Waals surface area contributed by atoms with Crippen LogP contribution in [-0.4, -0.2) is 92.3 Å². The Balaban J connectivity index is 1.50. The average Bonchev–Trinajstić information content (AvgIpc) is 3.53. The molecule has 1 N–H and O–H groups in total. The number of carbonyl (C=O) groups excluding carboxylic acids is 4. The van der Waals surface area contributed by atoms with Crippen molar-refractivity contribution in [1.82, 2.24) is 15.1 Å². The minimum atomic E-state index is -3.96. The van der Waals surface area contributed by atoms with Crippen LogP contribution in [-0.2, 0) is 24.2 Å². The van der Waals surface area contributed by atoms with E-state index in [-0.39, 0.29) is 41.5 Å². The molecule has 3 unspecified atom stereocenters. The van der Waals surface area contributed by atoms with Crippen LogP contribution in [0.1, 0.15) is 44.0 Å². The predicted octanol–water partition coefficient (Wildman–Crippen LogP) is 2.14. The van der Waals surface area contributed by atoms with Gasteiger partial charge in [-0.15, -0.1) is 0 Å². The summed E-state index contributed by atoms with van der Waals surface area (Å²) in [4.78, 5) is 58.2. The average molecular weight is 583 g/mol. The van der Waals surface area contributed by atoms with Gasteiger partial charge in [-0.25, -0.2) is 8.42 Å². The lowest BCUT2D eigenvalue weighted by atomic mass is 10.0. The SMILES string of the molecule is CC(C)C[C@H](NC(=O)c1ccc(N(C)C)cc1)C(=O)N1CCC2C1C(=O)CN2C(=O)C(C)S(=O)(=O)c1ccccc1. The summed E-state index contributed by atoms with van der Waals surface area (Å²) in [6, 6.07) is 12.4. The molecule has 0 aliphatic carbocycles. The van der Waals surface area contributed by atoms with Gasteiger partial charge in [0.2, 0.25) is 11.8 Å². The van der Waals surface area contributed by atoms with Crippen LogP contribution < -0.4 is 10.2 Å². The molecule has 2 aromatic rings. The fourth-order valence-electron chi connectivity index (χ4n) is 5.58. The zero-order valence-electron chi connectivity index (χ0n) is 24.1. The Labute approximate surface area is 241 Å². The molecular weight excluding hydrogens is 544 g/mol. The maximum Gasteiger partial charge on any atom is 0.251 e. The van der Waals surface area contributed by atoms with Gasteiger partial charge in [-0.3, -0.25) is 19.2 Å². The van der Waals surface area contributed by atoms with Gasteiger partial charge in [0, 0.05) is 31.9 Å². The molecule has 2 aliphatic rings. The first-order chi connectivity index (χ1) is 19.3. The van der Waals surface area contributed by atoms with Crippen LogP contribution in [0.3, 0.4) is 0 Å². The number of amides is 3. The first-order valence-electron chi connectivity index (χ1n) is 13.8. The van der Waals surface area contributed by atoms with Crippen LogP contribution in [0.5, 0.6) is 0 Å². The van der Waals surface area contributed by atoms with Crippen molar-refractivity contribution < 1.29 is 27.6 Å². The minimum absolute atomic E-state index is 0.0368. The van der Waals surface area contributed by atoms with E-state index in [1.165, 1.54) is 28.9 Å². The van der Waals surface area contributed by atoms with Gasteiger partial charge in [0.1, 0.15) is 17.3 Å². The van der Waals surface area contributed by atoms with Crippen molar-refractivity contribution >= 4 is 39.0 Å². The van der Waals surface area contributed by atoms with Crippen LogP contribution in [0.2, 0.25) is 0 Å². The van der Waals surface area contributed by atoms with Crippen molar-refractivity contribution in [2.24, 2.45) is 5.92 Å². The lowest BCUT2D eigenvalue weighted by Crippen LogP contribution is -2.53. The van der Waals surface area contributed by atoms with Crippen molar-refractivity contribution in [2.75, 3.05) is 32.1 Å². The Bertz CT molecular complexity index is 1410. The Hall–Kier alpha value is -3.73. The smallest absolute Gasteiger partial charge is 0.251 e. The van der Waals surface area contributed by atoms with E-state index in [4.69, 9.17) is 0 Å². The summed E-state index contributed by atoms with van der Waals surface area (Å²) >= 11 is 0. The van der Waals surface area contributed by atoms with Gasteiger partial charge >= 0.3 is 0 Å². The highest BCUT2D eigenvalue weighted by Crippen LogP contribution is 2.32. The van der Waals surface area contributed by atoms with E-state index >= 15 is 0 Å². The summed E-state index contributed by atoms with van der Waals surface area (Å²) in [6.07, 6.45) is 0.720. The fraction of sp³-hybridized carbons (Fsp3) is 0.467. The molecule has 2 saturated heterocycles. The molecule has 2 aliphatic heterocycles. The molecule has 220 valence electrons. The molecule has 0 saturated carbocycles. The lowest BCUT2D eigenvalue weighted by molar-refractivity contribution is -0.138. The highest BCUT2D eigenvalue weighted by Gasteiger charge is 2.53. The number of ketones is 1. The number of fused-ring (bicyclic) bond motifs is 1. The summed E-state index contributed by atoms with van der Waals surface area (Å²) in [6.45, 7) is 5.19.